The van der Waals surface area contributed by atoms with E-state index in [2.05, 4.69) is 4.98 Å². The minimum Gasteiger partial charge on any atom is -0.481 e. The number of nitrogens with two attached hydrogens (primary N) is 1. The Kier molecular flexibility index (Phi) is 3.91. The maximum atomic E-state index is 11.7. The predicted molar refractivity (Wildman–Crippen MR) is 87.9 cm³/mol. The molecule has 0 unspecified atom stereocenters. The Labute approximate surface area is 137 Å². The van der Waals surface area contributed by atoms with Crippen molar-refractivity contribution in [3.63, 3.8) is 0 Å². The van der Waals surface area contributed by atoms with Gasteiger partial charge in [0.1, 0.15) is 6.54 Å². The van der Waals surface area contributed by atoms with Crippen LogP contribution in [-0.2, 0) is 11.3 Å². The Morgan fingerprint density at radius 3 is 2.58 bits per heavy atom. The topological polar surface area (TPSA) is 107 Å². The number of carbonyl (C=O) groups is 2. The molecule has 0 bridgehead atoms. The van der Waals surface area contributed by atoms with E-state index in [9.17, 15) is 9.59 Å². The Morgan fingerprint density at radius 2 is 2.00 bits per heavy atom. The van der Waals surface area contributed by atoms with Crippen molar-refractivity contribution >= 4 is 22.8 Å². The average molecular weight is 325 g/mol. The Balaban J connectivity index is 2.13. The van der Waals surface area contributed by atoms with Gasteiger partial charge in [-0.25, -0.2) is 4.98 Å². The fourth-order valence-electron chi connectivity index (χ4n) is 2.62. The zero-order valence-corrected chi connectivity index (χ0v) is 12.9. The number of benzene rings is 1. The predicted octanol–water partition coefficient (Wildman–Crippen LogP) is 1.90. The van der Waals surface area contributed by atoms with Crippen molar-refractivity contribution in [1.82, 2.24) is 9.55 Å². The van der Waals surface area contributed by atoms with E-state index in [-0.39, 0.29) is 12.1 Å². The summed E-state index contributed by atoms with van der Waals surface area (Å²) < 4.78 is 6.53. The molecule has 7 heteroatoms. The van der Waals surface area contributed by atoms with Crippen molar-refractivity contribution in [3.8, 4) is 17.0 Å². The van der Waals surface area contributed by atoms with E-state index < -0.39 is 11.9 Å². The number of amides is 1. The van der Waals surface area contributed by atoms with Crippen LogP contribution in [0.2, 0.25) is 0 Å². The second-order valence-corrected chi connectivity index (χ2v) is 5.25. The number of carbonyl (C=O) groups excluding carboxylic acids is 1. The highest BCUT2D eigenvalue weighted by molar-refractivity contribution is 6.07. The van der Waals surface area contributed by atoms with Crippen LogP contribution in [-0.4, -0.2) is 33.6 Å². The smallest absolute Gasteiger partial charge is 0.323 e. The maximum Gasteiger partial charge on any atom is 0.323 e. The molecule has 0 saturated carbocycles. The molecule has 24 heavy (non-hydrogen) atoms. The summed E-state index contributed by atoms with van der Waals surface area (Å²) in [6, 6.07) is 9.01. The number of carboxylic acid groups (broad SMARTS) is 1. The molecular weight excluding hydrogens is 310 g/mol. The minimum absolute atomic E-state index is 0.243. The molecule has 1 amide bonds. The minimum atomic E-state index is -0.994. The summed E-state index contributed by atoms with van der Waals surface area (Å²) in [5, 5.41) is 9.61. The van der Waals surface area contributed by atoms with Crippen LogP contribution in [0.15, 0.2) is 42.7 Å². The lowest BCUT2D eigenvalue weighted by molar-refractivity contribution is -0.137. The summed E-state index contributed by atoms with van der Waals surface area (Å²) in [6.07, 6.45) is 3.13. The third-order valence-corrected chi connectivity index (χ3v) is 3.73. The van der Waals surface area contributed by atoms with Gasteiger partial charge in [0.25, 0.3) is 5.91 Å². The zero-order valence-electron chi connectivity index (χ0n) is 12.9. The number of aromatic nitrogens is 2. The van der Waals surface area contributed by atoms with Crippen molar-refractivity contribution in [2.45, 2.75) is 6.54 Å². The molecule has 0 fully saturated rings. The van der Waals surface area contributed by atoms with Gasteiger partial charge in [-0.3, -0.25) is 9.59 Å². The SMILES string of the molecule is COc1ccc(-c2ccc3c(c2)c(C(N)=O)cn3CC(=O)O)cn1. The Morgan fingerprint density at radius 1 is 1.25 bits per heavy atom. The molecule has 2 heterocycles. The summed E-state index contributed by atoms with van der Waals surface area (Å²) >= 11 is 0. The number of carboxylic acids is 1. The fraction of sp³-hybridized carbons (Fsp3) is 0.118. The first-order valence-corrected chi connectivity index (χ1v) is 7.14. The fourth-order valence-corrected chi connectivity index (χ4v) is 2.62. The highest BCUT2D eigenvalue weighted by atomic mass is 16.5. The second kappa shape index (κ2) is 6.04. The molecule has 0 aliphatic rings. The Hall–Kier alpha value is -3.35. The lowest BCUT2D eigenvalue weighted by Crippen LogP contribution is -2.11. The number of hydrogen-bond donors (Lipinski definition) is 2. The zero-order chi connectivity index (χ0) is 17.3. The van der Waals surface area contributed by atoms with Crippen LogP contribution in [0.5, 0.6) is 5.88 Å². The number of aliphatic carboxylic acids is 1. The first kappa shape index (κ1) is 15.5. The number of primary amides is 1. The van der Waals surface area contributed by atoms with E-state index in [0.717, 1.165) is 11.1 Å². The normalized spacial score (nSPS) is 10.7. The van der Waals surface area contributed by atoms with Crippen molar-refractivity contribution in [1.29, 1.82) is 0 Å². The van der Waals surface area contributed by atoms with E-state index in [1.54, 1.807) is 31.5 Å². The molecule has 0 radical (unpaired) electrons. The van der Waals surface area contributed by atoms with Crippen LogP contribution in [0.25, 0.3) is 22.0 Å². The molecule has 3 N–H and O–H groups in total. The summed E-state index contributed by atoms with van der Waals surface area (Å²) in [6.45, 7) is -0.243. The van der Waals surface area contributed by atoms with Crippen LogP contribution in [0.3, 0.4) is 0 Å². The summed E-state index contributed by atoms with van der Waals surface area (Å²) in [5.41, 5.74) is 8.03. The quantitative estimate of drug-likeness (QED) is 0.745. The van der Waals surface area contributed by atoms with Crippen LogP contribution in [0.1, 0.15) is 10.4 Å². The second-order valence-electron chi connectivity index (χ2n) is 5.25. The largest absolute Gasteiger partial charge is 0.481 e. The third kappa shape index (κ3) is 2.79. The number of methoxy groups -OCH3 is 1. The van der Waals surface area contributed by atoms with Gasteiger partial charge in [0.05, 0.1) is 12.7 Å². The van der Waals surface area contributed by atoms with E-state index in [1.807, 2.05) is 12.1 Å². The molecule has 3 rings (SSSR count). The molecule has 0 spiro atoms. The van der Waals surface area contributed by atoms with Crippen molar-refractivity contribution < 1.29 is 19.4 Å². The van der Waals surface area contributed by atoms with Crippen molar-refractivity contribution in [3.05, 3.63) is 48.3 Å². The van der Waals surface area contributed by atoms with Crippen molar-refractivity contribution in [2.75, 3.05) is 7.11 Å². The lowest BCUT2D eigenvalue weighted by Gasteiger charge is -2.05. The van der Waals surface area contributed by atoms with E-state index in [4.69, 9.17) is 15.6 Å². The summed E-state index contributed by atoms with van der Waals surface area (Å²) in [4.78, 5) is 26.8. The summed E-state index contributed by atoms with van der Waals surface area (Å²) in [7, 11) is 1.54. The van der Waals surface area contributed by atoms with Crippen LogP contribution in [0.4, 0.5) is 0 Å². The maximum absolute atomic E-state index is 11.7. The van der Waals surface area contributed by atoms with Crippen LogP contribution in [0, 0.1) is 0 Å². The highest BCUT2D eigenvalue weighted by Crippen LogP contribution is 2.28. The molecule has 3 aromatic rings. The molecule has 0 saturated heterocycles. The molecule has 1 aromatic carbocycles. The number of hydrogen-bond acceptors (Lipinski definition) is 4. The molecule has 2 aromatic heterocycles. The van der Waals surface area contributed by atoms with E-state index in [0.29, 0.717) is 16.8 Å². The standard InChI is InChI=1S/C17H15N3O4/c1-24-15-5-3-11(7-19-15)10-2-4-14-12(6-10)13(17(18)23)8-20(14)9-16(21)22/h2-8H,9H2,1H3,(H2,18,23)(H,21,22). The van der Waals surface area contributed by atoms with Crippen molar-refractivity contribution in [2.24, 2.45) is 5.73 Å². The molecule has 7 nitrogen and oxygen atoms in total. The third-order valence-electron chi connectivity index (χ3n) is 3.73. The van der Waals surface area contributed by atoms with Gasteiger partial charge in [-0.15, -0.1) is 0 Å². The number of pyridine rings is 1. The van der Waals surface area contributed by atoms with Gasteiger partial charge < -0.3 is 20.1 Å². The van der Waals surface area contributed by atoms with Gasteiger partial charge in [0, 0.05) is 34.9 Å². The summed E-state index contributed by atoms with van der Waals surface area (Å²) in [5.74, 6) is -1.09. The molecule has 122 valence electrons. The average Bonchev–Trinajstić information content (AvgIpc) is 2.92. The highest BCUT2D eigenvalue weighted by Gasteiger charge is 2.15. The molecular formula is C17H15N3O4. The molecule has 0 atom stereocenters. The number of ether oxygens (including phenoxy) is 1. The number of fused-ring (bicyclic) bond motifs is 1. The van der Waals surface area contributed by atoms with Gasteiger partial charge in [-0.1, -0.05) is 6.07 Å². The van der Waals surface area contributed by atoms with Gasteiger partial charge in [0.2, 0.25) is 5.88 Å². The van der Waals surface area contributed by atoms with Crippen LogP contribution >= 0.6 is 0 Å². The lowest BCUT2D eigenvalue weighted by atomic mass is 10.0. The first-order chi connectivity index (χ1) is 11.5. The van der Waals surface area contributed by atoms with Crippen LogP contribution < -0.4 is 10.5 Å². The number of nitrogens with zero attached hydrogens (tertiary/aromatic N) is 2. The van der Waals surface area contributed by atoms with E-state index in [1.165, 1.54) is 10.8 Å². The molecule has 0 aliphatic carbocycles. The van der Waals surface area contributed by atoms with E-state index >= 15 is 0 Å². The van der Waals surface area contributed by atoms with Gasteiger partial charge >= 0.3 is 5.97 Å². The van der Waals surface area contributed by atoms with Gasteiger partial charge in [-0.2, -0.15) is 0 Å². The monoisotopic (exact) mass is 325 g/mol. The van der Waals surface area contributed by atoms with Gasteiger partial charge in [-0.05, 0) is 23.8 Å². The first-order valence-electron chi connectivity index (χ1n) is 7.14. The Bertz CT molecular complexity index is 929. The van der Waals surface area contributed by atoms with Gasteiger partial charge in [0.15, 0.2) is 0 Å². The molecule has 0 aliphatic heterocycles. The number of rotatable bonds is 5.